The molecule has 1 aliphatic rings. The van der Waals surface area contributed by atoms with Crippen LogP contribution in [0.2, 0.25) is 0 Å². The normalized spacial score (nSPS) is 18.6. The molecule has 1 fully saturated rings. The standard InChI is InChI=1S/C13H23N5O.2ClH/c1-9-7-14-5-6-18(9)8-12(19)15-13-10(2)16-17(4)11(13)3;;/h9,14H,5-8H2,1-4H3,(H,15,19);2*1H/t9-;;/m0../s1. The van der Waals surface area contributed by atoms with Gasteiger partial charge in [-0.2, -0.15) is 5.10 Å². The third-order valence-electron chi connectivity index (χ3n) is 3.76. The van der Waals surface area contributed by atoms with Gasteiger partial charge in [-0.25, -0.2) is 0 Å². The molecular formula is C13H25Cl2N5O. The van der Waals surface area contributed by atoms with Gasteiger partial charge in [0, 0.05) is 32.7 Å². The van der Waals surface area contributed by atoms with Crippen LogP contribution in [0.1, 0.15) is 18.3 Å². The van der Waals surface area contributed by atoms with Gasteiger partial charge in [0.15, 0.2) is 0 Å². The number of aryl methyl sites for hydroxylation is 2. The van der Waals surface area contributed by atoms with Crippen molar-refractivity contribution in [2.45, 2.75) is 26.8 Å². The summed E-state index contributed by atoms with van der Waals surface area (Å²) in [5.41, 5.74) is 2.69. The molecule has 1 aliphatic heterocycles. The summed E-state index contributed by atoms with van der Waals surface area (Å²) in [7, 11) is 1.89. The maximum atomic E-state index is 12.1. The summed E-state index contributed by atoms with van der Waals surface area (Å²) in [6.07, 6.45) is 0. The predicted octanol–water partition coefficient (Wildman–Crippen LogP) is 1.11. The third kappa shape index (κ3) is 4.85. The van der Waals surface area contributed by atoms with E-state index >= 15 is 0 Å². The number of carbonyl (C=O) groups is 1. The molecule has 1 atom stereocenters. The van der Waals surface area contributed by atoms with Crippen LogP contribution in [0.5, 0.6) is 0 Å². The van der Waals surface area contributed by atoms with Crippen molar-refractivity contribution in [3.63, 3.8) is 0 Å². The Balaban J connectivity index is 0.00000200. The lowest BCUT2D eigenvalue weighted by Gasteiger charge is -2.33. The van der Waals surface area contributed by atoms with Crippen LogP contribution >= 0.6 is 24.8 Å². The van der Waals surface area contributed by atoms with Crippen LogP contribution < -0.4 is 10.6 Å². The van der Waals surface area contributed by atoms with Gasteiger partial charge in [-0.1, -0.05) is 0 Å². The lowest BCUT2D eigenvalue weighted by molar-refractivity contribution is -0.118. The largest absolute Gasteiger partial charge is 0.322 e. The van der Waals surface area contributed by atoms with Gasteiger partial charge in [0.1, 0.15) is 0 Å². The second-order valence-electron chi connectivity index (χ2n) is 5.24. The van der Waals surface area contributed by atoms with E-state index in [-0.39, 0.29) is 30.7 Å². The fourth-order valence-electron chi connectivity index (χ4n) is 2.44. The van der Waals surface area contributed by atoms with E-state index in [0.717, 1.165) is 36.7 Å². The van der Waals surface area contributed by atoms with E-state index in [1.54, 1.807) is 4.68 Å². The van der Waals surface area contributed by atoms with Crippen LogP contribution in [0.15, 0.2) is 0 Å². The number of hydrogen-bond acceptors (Lipinski definition) is 4. The van der Waals surface area contributed by atoms with Crippen LogP contribution in [-0.4, -0.2) is 52.8 Å². The van der Waals surface area contributed by atoms with Crippen LogP contribution in [0.3, 0.4) is 0 Å². The average Bonchev–Trinajstić information content (AvgIpc) is 2.59. The topological polar surface area (TPSA) is 62.2 Å². The van der Waals surface area contributed by atoms with Gasteiger partial charge in [-0.15, -0.1) is 24.8 Å². The van der Waals surface area contributed by atoms with Crippen molar-refractivity contribution in [3.05, 3.63) is 11.4 Å². The number of nitrogens with one attached hydrogen (secondary N) is 2. The minimum Gasteiger partial charge on any atom is -0.322 e. The van der Waals surface area contributed by atoms with Gasteiger partial charge in [0.2, 0.25) is 5.91 Å². The smallest absolute Gasteiger partial charge is 0.238 e. The van der Waals surface area contributed by atoms with Gasteiger partial charge in [0.25, 0.3) is 0 Å². The highest BCUT2D eigenvalue weighted by Crippen LogP contribution is 2.18. The fourth-order valence-corrected chi connectivity index (χ4v) is 2.44. The van der Waals surface area contributed by atoms with Crippen molar-refractivity contribution in [2.24, 2.45) is 7.05 Å². The molecule has 0 saturated carbocycles. The summed E-state index contributed by atoms with van der Waals surface area (Å²) in [4.78, 5) is 14.3. The first-order chi connectivity index (χ1) is 8.99. The van der Waals surface area contributed by atoms with Crippen molar-refractivity contribution in [2.75, 3.05) is 31.5 Å². The van der Waals surface area contributed by atoms with Crippen molar-refractivity contribution >= 4 is 36.4 Å². The highest BCUT2D eigenvalue weighted by atomic mass is 35.5. The molecule has 1 aromatic heterocycles. The minimum absolute atomic E-state index is 0. The summed E-state index contributed by atoms with van der Waals surface area (Å²) in [6.45, 7) is 9.26. The Morgan fingerprint density at radius 3 is 2.62 bits per heavy atom. The van der Waals surface area contributed by atoms with E-state index in [0.29, 0.717) is 12.6 Å². The first-order valence-corrected chi connectivity index (χ1v) is 6.74. The predicted molar refractivity (Wildman–Crippen MR) is 89.7 cm³/mol. The van der Waals surface area contributed by atoms with Crippen molar-refractivity contribution in [1.82, 2.24) is 20.0 Å². The van der Waals surface area contributed by atoms with E-state index in [9.17, 15) is 4.79 Å². The molecule has 2 N–H and O–H groups in total. The number of rotatable bonds is 3. The van der Waals surface area contributed by atoms with Gasteiger partial charge in [0.05, 0.1) is 23.6 Å². The Morgan fingerprint density at radius 2 is 2.10 bits per heavy atom. The summed E-state index contributed by atoms with van der Waals surface area (Å²) in [5.74, 6) is 0.0351. The third-order valence-corrected chi connectivity index (χ3v) is 3.76. The number of anilines is 1. The van der Waals surface area contributed by atoms with Crippen LogP contribution in [0.25, 0.3) is 0 Å². The molecule has 0 radical (unpaired) electrons. The zero-order valence-electron chi connectivity index (χ0n) is 13.0. The molecular weight excluding hydrogens is 313 g/mol. The number of amides is 1. The Labute approximate surface area is 138 Å². The van der Waals surface area contributed by atoms with Gasteiger partial charge in [-0.3, -0.25) is 14.4 Å². The van der Waals surface area contributed by atoms with Crippen LogP contribution in [-0.2, 0) is 11.8 Å². The second kappa shape index (κ2) is 8.58. The number of carbonyl (C=O) groups excluding carboxylic acids is 1. The minimum atomic E-state index is 0. The summed E-state index contributed by atoms with van der Waals surface area (Å²) in [5, 5.41) is 10.6. The maximum absolute atomic E-state index is 12.1. The van der Waals surface area contributed by atoms with Gasteiger partial charge in [-0.05, 0) is 20.8 Å². The first-order valence-electron chi connectivity index (χ1n) is 6.74. The molecule has 0 aromatic carbocycles. The maximum Gasteiger partial charge on any atom is 0.238 e. The van der Waals surface area contributed by atoms with E-state index < -0.39 is 0 Å². The molecule has 122 valence electrons. The number of halogens is 2. The summed E-state index contributed by atoms with van der Waals surface area (Å²) < 4.78 is 1.79. The van der Waals surface area contributed by atoms with E-state index in [1.165, 1.54) is 0 Å². The molecule has 1 saturated heterocycles. The van der Waals surface area contributed by atoms with Crippen molar-refractivity contribution in [3.8, 4) is 0 Å². The quantitative estimate of drug-likeness (QED) is 0.867. The number of nitrogens with zero attached hydrogens (tertiary/aromatic N) is 3. The molecule has 2 rings (SSSR count). The Bertz CT molecular complexity index is 477. The second-order valence-corrected chi connectivity index (χ2v) is 5.24. The van der Waals surface area contributed by atoms with Crippen LogP contribution in [0, 0.1) is 13.8 Å². The molecule has 0 unspecified atom stereocenters. The molecule has 0 spiro atoms. The lowest BCUT2D eigenvalue weighted by atomic mass is 10.2. The average molecular weight is 338 g/mol. The molecule has 21 heavy (non-hydrogen) atoms. The number of hydrogen-bond donors (Lipinski definition) is 2. The SMILES string of the molecule is Cc1nn(C)c(C)c1NC(=O)CN1CCNC[C@@H]1C.Cl.Cl. The fraction of sp³-hybridized carbons (Fsp3) is 0.692. The molecule has 6 nitrogen and oxygen atoms in total. The van der Waals surface area contributed by atoms with Gasteiger partial charge >= 0.3 is 0 Å². The number of aromatic nitrogens is 2. The zero-order chi connectivity index (χ0) is 14.0. The highest BCUT2D eigenvalue weighted by molar-refractivity contribution is 5.93. The van der Waals surface area contributed by atoms with Gasteiger partial charge < -0.3 is 10.6 Å². The Kier molecular flexibility index (Phi) is 8.25. The van der Waals surface area contributed by atoms with Crippen molar-refractivity contribution < 1.29 is 4.79 Å². The Hall–Kier alpha value is -0.820. The summed E-state index contributed by atoms with van der Waals surface area (Å²) in [6, 6.07) is 0.399. The Morgan fingerprint density at radius 1 is 1.43 bits per heavy atom. The van der Waals surface area contributed by atoms with E-state index in [2.05, 4.69) is 27.6 Å². The molecule has 0 aliphatic carbocycles. The molecule has 0 bridgehead atoms. The molecule has 1 aromatic rings. The van der Waals surface area contributed by atoms with Crippen LogP contribution in [0.4, 0.5) is 5.69 Å². The van der Waals surface area contributed by atoms with E-state index in [4.69, 9.17) is 0 Å². The monoisotopic (exact) mass is 337 g/mol. The summed E-state index contributed by atoms with van der Waals surface area (Å²) >= 11 is 0. The molecule has 1 amide bonds. The lowest BCUT2D eigenvalue weighted by Crippen LogP contribution is -2.52. The first kappa shape index (κ1) is 20.2. The van der Waals surface area contributed by atoms with Crippen molar-refractivity contribution in [1.29, 1.82) is 0 Å². The molecule has 2 heterocycles. The zero-order valence-corrected chi connectivity index (χ0v) is 14.6. The molecule has 8 heteroatoms. The van der Waals surface area contributed by atoms with E-state index in [1.807, 2.05) is 20.9 Å². The highest BCUT2D eigenvalue weighted by Gasteiger charge is 2.21. The number of piperazine rings is 1.